The number of hydrogen-bond acceptors (Lipinski definition) is 5. The minimum Gasteiger partial charge on any atom is -0.494 e. The highest BCUT2D eigenvalue weighted by molar-refractivity contribution is 5.87. The third kappa shape index (κ3) is 13.0. The van der Waals surface area contributed by atoms with Crippen molar-refractivity contribution in [2.75, 3.05) is 26.2 Å². The number of rotatable bonds is 15. The molecule has 0 bridgehead atoms. The molecule has 0 saturated carbocycles. The van der Waals surface area contributed by atoms with Gasteiger partial charge in [0.2, 0.25) is 0 Å². The molecule has 0 aliphatic heterocycles. The van der Waals surface area contributed by atoms with Gasteiger partial charge < -0.3 is 19.5 Å². The summed E-state index contributed by atoms with van der Waals surface area (Å²) in [6, 6.07) is 6.51. The van der Waals surface area contributed by atoms with E-state index < -0.39 is 11.6 Å². The Morgan fingerprint density at radius 2 is 1.68 bits per heavy atom. The van der Waals surface area contributed by atoms with Crippen LogP contribution in [0.1, 0.15) is 83.5 Å². The van der Waals surface area contributed by atoms with Gasteiger partial charge in [-0.05, 0) is 96.3 Å². The van der Waals surface area contributed by atoms with Crippen LogP contribution in [0.25, 0.3) is 0 Å². The van der Waals surface area contributed by atoms with E-state index in [2.05, 4.69) is 18.7 Å². The van der Waals surface area contributed by atoms with Gasteiger partial charge >= 0.3 is 11.9 Å². The van der Waals surface area contributed by atoms with Gasteiger partial charge in [0.25, 0.3) is 0 Å². The molecule has 1 rings (SSSR count). The number of carbonyl (C=O) groups excluding carboxylic acids is 1. The summed E-state index contributed by atoms with van der Waals surface area (Å²) in [5.41, 5.74) is -0.163. The van der Waals surface area contributed by atoms with E-state index in [0.717, 1.165) is 38.9 Å². The monoisotopic (exact) mass is 435 g/mol. The molecule has 1 unspecified atom stereocenters. The third-order valence-electron chi connectivity index (χ3n) is 4.94. The lowest BCUT2D eigenvalue weighted by Gasteiger charge is -2.24. The van der Waals surface area contributed by atoms with Gasteiger partial charge in [0, 0.05) is 6.42 Å². The smallest absolute Gasteiger partial charge is 0.335 e. The molecule has 0 aliphatic carbocycles. The third-order valence-corrected chi connectivity index (χ3v) is 4.94. The molecule has 0 fully saturated rings. The molecule has 1 atom stereocenters. The average molecular weight is 436 g/mol. The van der Waals surface area contributed by atoms with Crippen LogP contribution in [0.5, 0.6) is 5.75 Å². The minimum absolute atomic E-state index is 0.117. The molecular formula is C25H41NO5. The first-order chi connectivity index (χ1) is 14.6. The van der Waals surface area contributed by atoms with Crippen LogP contribution in [0, 0.1) is 5.92 Å². The predicted octanol–water partition coefficient (Wildman–Crippen LogP) is 5.40. The van der Waals surface area contributed by atoms with Crippen molar-refractivity contribution in [3.8, 4) is 5.75 Å². The number of unbranched alkanes of at least 4 members (excludes halogenated alkanes) is 2. The Balaban J connectivity index is 2.31. The first kappa shape index (κ1) is 27.0. The molecule has 0 amide bonds. The molecule has 6 heteroatoms. The van der Waals surface area contributed by atoms with E-state index in [1.54, 1.807) is 24.3 Å². The molecule has 0 spiro atoms. The predicted molar refractivity (Wildman–Crippen MR) is 124 cm³/mol. The van der Waals surface area contributed by atoms with Crippen LogP contribution in [-0.4, -0.2) is 53.8 Å². The van der Waals surface area contributed by atoms with Crippen LogP contribution in [0.3, 0.4) is 0 Å². The number of ether oxygens (including phenoxy) is 2. The number of carboxylic acids is 1. The van der Waals surface area contributed by atoms with E-state index in [9.17, 15) is 9.59 Å². The SMILES string of the molecule is CCCCN(CCCCOc1ccc(C(=O)O)cc1)CCC(C)CC(=O)OC(C)(C)C. The first-order valence-corrected chi connectivity index (χ1v) is 11.5. The lowest BCUT2D eigenvalue weighted by Crippen LogP contribution is -2.29. The van der Waals surface area contributed by atoms with Gasteiger partial charge in [-0.25, -0.2) is 4.79 Å². The number of aromatic carboxylic acids is 1. The highest BCUT2D eigenvalue weighted by atomic mass is 16.6. The second-order valence-electron chi connectivity index (χ2n) is 9.26. The summed E-state index contributed by atoms with van der Waals surface area (Å²) in [5.74, 6) is -0.0485. The summed E-state index contributed by atoms with van der Waals surface area (Å²) < 4.78 is 11.2. The number of esters is 1. The number of benzene rings is 1. The van der Waals surface area contributed by atoms with Crippen molar-refractivity contribution in [2.24, 2.45) is 5.92 Å². The molecule has 0 heterocycles. The number of carboxylic acid groups (broad SMARTS) is 1. The van der Waals surface area contributed by atoms with Crippen molar-refractivity contribution in [2.45, 2.75) is 78.7 Å². The van der Waals surface area contributed by atoms with Crippen LogP contribution >= 0.6 is 0 Å². The van der Waals surface area contributed by atoms with Crippen molar-refractivity contribution in [1.29, 1.82) is 0 Å². The van der Waals surface area contributed by atoms with Crippen molar-refractivity contribution in [1.82, 2.24) is 4.90 Å². The number of carbonyl (C=O) groups is 2. The first-order valence-electron chi connectivity index (χ1n) is 11.5. The average Bonchev–Trinajstić information content (AvgIpc) is 2.68. The standard InChI is InChI=1S/C25H41NO5/c1-6-7-15-26(17-14-20(2)19-23(27)31-25(3,4)5)16-8-9-18-30-22-12-10-21(11-13-22)24(28)29/h10-13,20H,6-9,14-19H2,1-5H3,(H,28,29). The van der Waals surface area contributed by atoms with Crippen molar-refractivity contribution in [3.05, 3.63) is 29.8 Å². The van der Waals surface area contributed by atoms with Crippen molar-refractivity contribution in [3.63, 3.8) is 0 Å². The van der Waals surface area contributed by atoms with Crippen LogP contribution in [-0.2, 0) is 9.53 Å². The lowest BCUT2D eigenvalue weighted by molar-refractivity contribution is -0.155. The topological polar surface area (TPSA) is 76.1 Å². The van der Waals surface area contributed by atoms with Gasteiger partial charge in [0.05, 0.1) is 12.2 Å². The fourth-order valence-corrected chi connectivity index (χ4v) is 3.21. The zero-order chi connectivity index (χ0) is 23.3. The fourth-order valence-electron chi connectivity index (χ4n) is 3.21. The molecule has 0 aliphatic rings. The normalized spacial score (nSPS) is 12.6. The summed E-state index contributed by atoms with van der Waals surface area (Å²) >= 11 is 0. The Morgan fingerprint density at radius 3 is 2.26 bits per heavy atom. The van der Waals surface area contributed by atoms with E-state index >= 15 is 0 Å². The summed E-state index contributed by atoms with van der Waals surface area (Å²) in [5, 5.41) is 8.93. The molecule has 0 radical (unpaired) electrons. The van der Waals surface area contributed by atoms with Gasteiger partial charge in [-0.2, -0.15) is 0 Å². The maximum absolute atomic E-state index is 12.0. The van der Waals surface area contributed by atoms with Gasteiger partial charge in [0.15, 0.2) is 0 Å². The number of hydrogen-bond donors (Lipinski definition) is 1. The second-order valence-corrected chi connectivity index (χ2v) is 9.26. The minimum atomic E-state index is -0.931. The summed E-state index contributed by atoms with van der Waals surface area (Å²) in [6.45, 7) is 13.7. The summed E-state index contributed by atoms with van der Waals surface area (Å²) in [4.78, 5) is 25.4. The maximum Gasteiger partial charge on any atom is 0.335 e. The van der Waals surface area contributed by atoms with Gasteiger partial charge in [-0.1, -0.05) is 20.3 Å². The van der Waals surface area contributed by atoms with Gasteiger partial charge in [-0.15, -0.1) is 0 Å². The van der Waals surface area contributed by atoms with Crippen LogP contribution < -0.4 is 4.74 Å². The summed E-state index contributed by atoms with van der Waals surface area (Å²) in [7, 11) is 0. The Labute approximate surface area is 187 Å². The van der Waals surface area contributed by atoms with E-state index in [1.807, 2.05) is 20.8 Å². The highest BCUT2D eigenvalue weighted by Crippen LogP contribution is 2.16. The molecule has 0 saturated heterocycles. The van der Waals surface area contributed by atoms with Gasteiger partial charge in [0.1, 0.15) is 11.4 Å². The molecule has 31 heavy (non-hydrogen) atoms. The molecule has 1 aromatic carbocycles. The fraction of sp³-hybridized carbons (Fsp3) is 0.680. The number of nitrogens with zero attached hydrogens (tertiary/aromatic N) is 1. The zero-order valence-electron chi connectivity index (χ0n) is 20.0. The van der Waals surface area contributed by atoms with Crippen LogP contribution in [0.4, 0.5) is 0 Å². The largest absolute Gasteiger partial charge is 0.494 e. The Kier molecular flexibility index (Phi) is 12.2. The Morgan fingerprint density at radius 1 is 1.03 bits per heavy atom. The van der Waals surface area contributed by atoms with E-state index in [1.165, 1.54) is 12.8 Å². The molecular weight excluding hydrogens is 394 g/mol. The second kappa shape index (κ2) is 14.1. The molecule has 1 aromatic rings. The van der Waals surface area contributed by atoms with Crippen LogP contribution in [0.15, 0.2) is 24.3 Å². The molecule has 6 nitrogen and oxygen atoms in total. The zero-order valence-corrected chi connectivity index (χ0v) is 20.0. The maximum atomic E-state index is 12.0. The quantitative estimate of drug-likeness (QED) is 0.293. The van der Waals surface area contributed by atoms with Gasteiger partial charge in [-0.3, -0.25) is 4.79 Å². The van der Waals surface area contributed by atoms with Crippen LogP contribution in [0.2, 0.25) is 0 Å². The Bertz CT molecular complexity index is 651. The molecule has 1 N–H and O–H groups in total. The summed E-state index contributed by atoms with van der Waals surface area (Å²) in [6.07, 6.45) is 5.77. The highest BCUT2D eigenvalue weighted by Gasteiger charge is 2.19. The van der Waals surface area contributed by atoms with E-state index in [4.69, 9.17) is 14.6 Å². The lowest BCUT2D eigenvalue weighted by atomic mass is 10.0. The molecule has 0 aromatic heterocycles. The van der Waals surface area contributed by atoms with E-state index in [-0.39, 0.29) is 11.5 Å². The molecule has 176 valence electrons. The Hall–Kier alpha value is -2.08. The van der Waals surface area contributed by atoms with E-state index in [0.29, 0.717) is 24.7 Å². The van der Waals surface area contributed by atoms with Crippen molar-refractivity contribution < 1.29 is 24.2 Å². The van der Waals surface area contributed by atoms with Crippen molar-refractivity contribution >= 4 is 11.9 Å².